The van der Waals surface area contributed by atoms with Crippen molar-refractivity contribution in [1.82, 2.24) is 0 Å². The van der Waals surface area contributed by atoms with Crippen LogP contribution in [0.15, 0.2) is 127 Å². The van der Waals surface area contributed by atoms with E-state index in [4.69, 9.17) is 9.47 Å². The SMILES string of the molecule is CCS(=O)(=O)c1ccc([O-])c(N=Nc2c([O-])ccc3ccc(N(C)C(=O)OC)cc23)c1.CCS(=O)(=O)c1ccc([O-])c(N=Nc2c([O-])ccc3ccc(N(C)C(=O)OC)cc23)c1.[Co+3].[Na+]. The average Bonchev–Trinajstić information content (AvgIpc) is 3.27. The molecule has 6 aromatic carbocycles. The molecule has 0 aliphatic carbocycles. The van der Waals surface area contributed by atoms with Gasteiger partial charge in [-0.05, 0) is 59.3 Å². The van der Waals surface area contributed by atoms with Crippen LogP contribution in [0.1, 0.15) is 13.8 Å². The normalized spacial score (nSPS) is 11.3. The number of carbonyl (C=O) groups is 2. The summed E-state index contributed by atoms with van der Waals surface area (Å²) in [5.41, 5.74) is 0.438. The van der Waals surface area contributed by atoms with E-state index in [2.05, 4.69) is 20.5 Å². The number of amides is 2. The van der Waals surface area contributed by atoms with Crippen LogP contribution in [0.4, 0.5) is 43.7 Å². The molecule has 0 spiro atoms. The molecular formula is C42H38CoN6NaO12S2. The van der Waals surface area contributed by atoms with Gasteiger partial charge in [0.25, 0.3) is 0 Å². The van der Waals surface area contributed by atoms with Crippen molar-refractivity contribution in [2.45, 2.75) is 23.6 Å². The number of fused-ring (bicyclic) bond motifs is 2. The zero-order chi connectivity index (χ0) is 45.5. The third-order valence-electron chi connectivity index (χ3n) is 9.41. The van der Waals surface area contributed by atoms with Gasteiger partial charge in [-0.25, -0.2) is 26.4 Å². The quantitative estimate of drug-likeness (QED) is 0.140. The first-order valence-corrected chi connectivity index (χ1v) is 21.7. The number of nitrogens with zero attached hydrogens (tertiary/aromatic N) is 6. The van der Waals surface area contributed by atoms with Crippen molar-refractivity contribution >= 4 is 87.5 Å². The smallest absolute Gasteiger partial charge is 0.871 e. The fraction of sp³-hybridized carbons (Fsp3) is 0.190. The molecule has 2 amide bonds. The van der Waals surface area contributed by atoms with Gasteiger partial charge in [0.2, 0.25) is 0 Å². The number of carbonyl (C=O) groups excluding carboxylic acids is 2. The number of rotatable bonds is 10. The third-order valence-corrected chi connectivity index (χ3v) is 12.9. The van der Waals surface area contributed by atoms with E-state index < -0.39 is 54.9 Å². The fourth-order valence-corrected chi connectivity index (χ4v) is 7.53. The topological polar surface area (TPSA) is 269 Å². The number of benzene rings is 6. The minimum absolute atomic E-state index is 0. The summed E-state index contributed by atoms with van der Waals surface area (Å²) >= 11 is 0. The molecule has 0 unspecified atom stereocenters. The second-order valence-electron chi connectivity index (χ2n) is 13.2. The molecule has 18 nitrogen and oxygen atoms in total. The van der Waals surface area contributed by atoms with Gasteiger partial charge >= 0.3 is 58.5 Å². The molecule has 0 N–H and O–H groups in total. The first kappa shape index (κ1) is 52.5. The molecule has 0 aliphatic rings. The largest absolute Gasteiger partial charge is 3.00 e. The number of ether oxygens (including phenoxy) is 2. The van der Waals surface area contributed by atoms with E-state index >= 15 is 0 Å². The first-order chi connectivity index (χ1) is 29.3. The summed E-state index contributed by atoms with van der Waals surface area (Å²) in [4.78, 5) is 26.0. The summed E-state index contributed by atoms with van der Waals surface area (Å²) in [6.45, 7) is 2.98. The molecule has 0 heterocycles. The molecule has 0 radical (unpaired) electrons. The summed E-state index contributed by atoms with van der Waals surface area (Å²) in [6.07, 6.45) is -1.18. The number of methoxy groups -OCH3 is 2. The van der Waals surface area contributed by atoms with Crippen LogP contribution in [0.2, 0.25) is 0 Å². The number of hydrogen-bond acceptors (Lipinski definition) is 16. The fourth-order valence-electron chi connectivity index (χ4n) is 5.73. The second-order valence-corrected chi connectivity index (χ2v) is 17.7. The van der Waals surface area contributed by atoms with Gasteiger partial charge in [-0.15, -0.1) is 0 Å². The van der Waals surface area contributed by atoms with Crippen LogP contribution in [-0.4, -0.2) is 68.8 Å². The van der Waals surface area contributed by atoms with E-state index in [0.717, 1.165) is 24.3 Å². The summed E-state index contributed by atoms with van der Waals surface area (Å²) < 4.78 is 57.7. The molecule has 330 valence electrons. The van der Waals surface area contributed by atoms with Crippen molar-refractivity contribution in [3.05, 3.63) is 97.1 Å². The third kappa shape index (κ3) is 11.8. The van der Waals surface area contributed by atoms with E-state index in [0.29, 0.717) is 32.9 Å². The molecule has 0 saturated heterocycles. The van der Waals surface area contributed by atoms with Gasteiger partial charge in [0.1, 0.15) is 0 Å². The van der Waals surface area contributed by atoms with Crippen LogP contribution < -0.4 is 59.8 Å². The number of anilines is 2. The van der Waals surface area contributed by atoms with E-state index in [-0.39, 0.29) is 90.4 Å². The van der Waals surface area contributed by atoms with E-state index in [9.17, 15) is 46.9 Å². The van der Waals surface area contributed by atoms with Crippen LogP contribution in [-0.2, 0) is 45.9 Å². The number of sulfone groups is 2. The molecule has 0 fully saturated rings. The molecule has 22 heteroatoms. The monoisotopic (exact) mass is 964 g/mol. The minimum atomic E-state index is -3.54. The number of hydrogen-bond donors (Lipinski definition) is 0. The Morgan fingerprint density at radius 1 is 0.531 bits per heavy atom. The minimum Gasteiger partial charge on any atom is -0.871 e. The van der Waals surface area contributed by atoms with Crippen molar-refractivity contribution in [3.8, 4) is 23.0 Å². The van der Waals surface area contributed by atoms with Gasteiger partial charge in [-0.2, -0.15) is 20.5 Å². The van der Waals surface area contributed by atoms with Crippen molar-refractivity contribution in [3.63, 3.8) is 0 Å². The van der Waals surface area contributed by atoms with Crippen LogP contribution >= 0.6 is 0 Å². The van der Waals surface area contributed by atoms with Gasteiger partial charge in [0.15, 0.2) is 19.7 Å². The molecule has 0 aliphatic heterocycles. The summed E-state index contributed by atoms with van der Waals surface area (Å²) in [6, 6.07) is 22.7. The number of azo groups is 2. The van der Waals surface area contributed by atoms with Crippen molar-refractivity contribution in [1.29, 1.82) is 0 Å². The Bertz CT molecular complexity index is 2790. The van der Waals surface area contributed by atoms with Crippen LogP contribution in [0.5, 0.6) is 23.0 Å². The zero-order valence-corrected chi connectivity index (χ0v) is 40.1. The van der Waals surface area contributed by atoms with Gasteiger partial charge < -0.3 is 29.9 Å². The maximum atomic E-state index is 12.5. The summed E-state index contributed by atoms with van der Waals surface area (Å²) in [5.74, 6) is -2.22. The molecule has 0 saturated carbocycles. The molecule has 6 rings (SSSR count). The average molecular weight is 965 g/mol. The Labute approximate surface area is 401 Å². The molecule has 0 bridgehead atoms. The zero-order valence-electron chi connectivity index (χ0n) is 35.4. The van der Waals surface area contributed by atoms with E-state index in [1.165, 1.54) is 76.2 Å². The standard InChI is InChI=1S/2C21H21N3O6S.Co.Na/c2*1-4-31(28,29)15-8-10-18(25)17(12-15)22-23-20-16-11-14(24(2)21(27)30-3)7-5-13(16)6-9-19(20)26;;/h2*5-12,25-26H,4H2,1-3H3;;/q;;+3;+1/p-4. The second kappa shape index (κ2) is 22.2. The van der Waals surface area contributed by atoms with Gasteiger partial charge in [-0.1, -0.05) is 85.4 Å². The van der Waals surface area contributed by atoms with E-state index in [1.807, 2.05) is 0 Å². The van der Waals surface area contributed by atoms with Gasteiger partial charge in [0, 0.05) is 36.2 Å². The maximum absolute atomic E-state index is 12.5. The van der Waals surface area contributed by atoms with Crippen LogP contribution in [0, 0.1) is 0 Å². The summed E-state index contributed by atoms with van der Waals surface area (Å²) in [7, 11) is -1.55. The molecule has 64 heavy (non-hydrogen) atoms. The van der Waals surface area contributed by atoms with Crippen LogP contribution in [0.3, 0.4) is 0 Å². The molecule has 0 aromatic heterocycles. The van der Waals surface area contributed by atoms with E-state index in [1.54, 1.807) is 48.5 Å². The Hall–Kier alpha value is -5.81. The van der Waals surface area contributed by atoms with Crippen molar-refractivity contribution in [2.24, 2.45) is 20.5 Å². The first-order valence-electron chi connectivity index (χ1n) is 18.4. The Kier molecular flexibility index (Phi) is 18.2. The van der Waals surface area contributed by atoms with Gasteiger partial charge in [0.05, 0.1) is 58.3 Å². The molecular weight excluding hydrogens is 927 g/mol. The molecule has 0 atom stereocenters. The Morgan fingerprint density at radius 2 is 0.859 bits per heavy atom. The predicted octanol–water partition coefficient (Wildman–Crippen LogP) is 3.80. The van der Waals surface area contributed by atoms with Crippen molar-refractivity contribution in [2.75, 3.05) is 49.6 Å². The Morgan fingerprint density at radius 3 is 1.19 bits per heavy atom. The Balaban J connectivity index is 0.000000330. The predicted molar refractivity (Wildman–Crippen MR) is 224 cm³/mol. The maximum Gasteiger partial charge on any atom is 3.00 e. The van der Waals surface area contributed by atoms with Crippen LogP contribution in [0.25, 0.3) is 21.5 Å². The van der Waals surface area contributed by atoms with Crippen molar-refractivity contribution < 1.29 is 103 Å². The molecule has 6 aromatic rings. The summed E-state index contributed by atoms with van der Waals surface area (Å²) in [5, 5.41) is 67.0. The van der Waals surface area contributed by atoms with Gasteiger partial charge in [-0.3, -0.25) is 9.80 Å².